The molecule has 0 amide bonds. The average molecular weight is 298 g/mol. The Labute approximate surface area is 129 Å². The minimum absolute atomic E-state index is 0.632. The van der Waals surface area contributed by atoms with Crippen molar-refractivity contribution in [3.63, 3.8) is 0 Å². The predicted molar refractivity (Wildman–Crippen MR) is 85.4 cm³/mol. The highest BCUT2D eigenvalue weighted by molar-refractivity contribution is 6.30. The Kier molecular flexibility index (Phi) is 4.37. The van der Waals surface area contributed by atoms with Gasteiger partial charge >= 0.3 is 0 Å². The van der Waals surface area contributed by atoms with E-state index < -0.39 is 0 Å². The van der Waals surface area contributed by atoms with Crippen molar-refractivity contribution in [3.05, 3.63) is 77.1 Å². The molecule has 0 saturated carbocycles. The number of aryl methyl sites for hydroxylation is 2. The zero-order valence-electron chi connectivity index (χ0n) is 11.6. The minimum atomic E-state index is 0.632. The lowest BCUT2D eigenvalue weighted by molar-refractivity contribution is 0.510. The second kappa shape index (κ2) is 6.59. The molecule has 1 heterocycles. The van der Waals surface area contributed by atoms with Gasteiger partial charge in [-0.05, 0) is 36.6 Å². The van der Waals surface area contributed by atoms with Crippen LogP contribution in [0.5, 0.6) is 0 Å². The summed E-state index contributed by atoms with van der Waals surface area (Å²) >= 11 is 5.98. The van der Waals surface area contributed by atoms with Gasteiger partial charge in [0.05, 0.1) is 6.20 Å². The van der Waals surface area contributed by atoms with E-state index in [-0.39, 0.29) is 0 Å². The van der Waals surface area contributed by atoms with Gasteiger partial charge in [-0.3, -0.25) is 0 Å². The fourth-order valence-electron chi connectivity index (χ4n) is 2.29. The standard InChI is InChI=1S/C18H16ClNO/c19-16-10-5-9-15(12-16)18-20-13-17(21-18)11-4-8-14-6-2-1-3-7-14/h1-3,5-7,9-10,12-13H,4,8,11H2. The maximum Gasteiger partial charge on any atom is 0.226 e. The van der Waals surface area contributed by atoms with Crippen LogP contribution >= 0.6 is 11.6 Å². The lowest BCUT2D eigenvalue weighted by Crippen LogP contribution is -1.88. The molecule has 0 unspecified atom stereocenters. The van der Waals surface area contributed by atoms with Crippen LogP contribution in [0.25, 0.3) is 11.5 Å². The molecule has 2 aromatic carbocycles. The van der Waals surface area contributed by atoms with E-state index >= 15 is 0 Å². The van der Waals surface area contributed by atoms with E-state index in [2.05, 4.69) is 29.2 Å². The normalized spacial score (nSPS) is 10.7. The van der Waals surface area contributed by atoms with Crippen molar-refractivity contribution in [2.75, 3.05) is 0 Å². The lowest BCUT2D eigenvalue weighted by Gasteiger charge is -1.99. The Morgan fingerprint density at radius 1 is 0.952 bits per heavy atom. The fourth-order valence-corrected chi connectivity index (χ4v) is 2.48. The summed E-state index contributed by atoms with van der Waals surface area (Å²) < 4.78 is 5.79. The van der Waals surface area contributed by atoms with E-state index in [1.807, 2.05) is 30.3 Å². The zero-order valence-corrected chi connectivity index (χ0v) is 12.4. The molecule has 2 nitrogen and oxygen atoms in total. The van der Waals surface area contributed by atoms with E-state index in [9.17, 15) is 0 Å². The highest BCUT2D eigenvalue weighted by Crippen LogP contribution is 2.23. The molecule has 0 fully saturated rings. The van der Waals surface area contributed by atoms with Crippen LogP contribution in [0.3, 0.4) is 0 Å². The quantitative estimate of drug-likeness (QED) is 0.649. The lowest BCUT2D eigenvalue weighted by atomic mass is 10.1. The summed E-state index contributed by atoms with van der Waals surface area (Å²) in [5.41, 5.74) is 2.27. The Morgan fingerprint density at radius 2 is 1.81 bits per heavy atom. The molecule has 0 N–H and O–H groups in total. The van der Waals surface area contributed by atoms with Crippen LogP contribution in [0.15, 0.2) is 65.2 Å². The maximum absolute atomic E-state index is 5.98. The van der Waals surface area contributed by atoms with E-state index in [1.165, 1.54) is 5.56 Å². The number of hydrogen-bond acceptors (Lipinski definition) is 2. The summed E-state index contributed by atoms with van der Waals surface area (Å²) in [6.45, 7) is 0. The summed E-state index contributed by atoms with van der Waals surface area (Å²) in [4.78, 5) is 4.33. The number of aromatic nitrogens is 1. The maximum atomic E-state index is 5.98. The molecule has 21 heavy (non-hydrogen) atoms. The van der Waals surface area contributed by atoms with Gasteiger partial charge in [-0.25, -0.2) is 4.98 Å². The van der Waals surface area contributed by atoms with Crippen molar-refractivity contribution in [2.24, 2.45) is 0 Å². The predicted octanol–water partition coefficient (Wildman–Crippen LogP) is 5.17. The van der Waals surface area contributed by atoms with Crippen molar-refractivity contribution in [3.8, 4) is 11.5 Å². The molecule has 0 aliphatic carbocycles. The second-order valence-electron chi connectivity index (χ2n) is 4.98. The molecule has 0 aliphatic heterocycles. The van der Waals surface area contributed by atoms with Crippen LogP contribution in [0.4, 0.5) is 0 Å². The van der Waals surface area contributed by atoms with E-state index in [0.29, 0.717) is 10.9 Å². The van der Waals surface area contributed by atoms with Gasteiger partial charge in [0.15, 0.2) is 0 Å². The Morgan fingerprint density at radius 3 is 2.62 bits per heavy atom. The highest BCUT2D eigenvalue weighted by atomic mass is 35.5. The van der Waals surface area contributed by atoms with Crippen molar-refractivity contribution in [1.82, 2.24) is 4.98 Å². The molecular formula is C18H16ClNO. The van der Waals surface area contributed by atoms with Gasteiger partial charge in [0.2, 0.25) is 5.89 Å². The molecule has 3 rings (SSSR count). The van der Waals surface area contributed by atoms with Crippen molar-refractivity contribution >= 4 is 11.6 Å². The highest BCUT2D eigenvalue weighted by Gasteiger charge is 2.07. The number of hydrogen-bond donors (Lipinski definition) is 0. The molecular weight excluding hydrogens is 282 g/mol. The molecule has 0 aliphatic rings. The Balaban J connectivity index is 1.60. The first-order chi connectivity index (χ1) is 10.3. The minimum Gasteiger partial charge on any atom is -0.441 e. The molecule has 0 atom stereocenters. The van der Waals surface area contributed by atoms with Crippen LogP contribution in [-0.4, -0.2) is 4.98 Å². The van der Waals surface area contributed by atoms with Gasteiger partial charge in [0, 0.05) is 17.0 Å². The third-order valence-electron chi connectivity index (χ3n) is 3.36. The van der Waals surface area contributed by atoms with Crippen molar-refractivity contribution in [2.45, 2.75) is 19.3 Å². The zero-order chi connectivity index (χ0) is 14.5. The molecule has 1 aromatic heterocycles. The van der Waals surface area contributed by atoms with Crippen molar-refractivity contribution in [1.29, 1.82) is 0 Å². The summed E-state index contributed by atoms with van der Waals surface area (Å²) in [5.74, 6) is 1.55. The van der Waals surface area contributed by atoms with Gasteiger partial charge in [0.1, 0.15) is 5.76 Å². The van der Waals surface area contributed by atoms with Gasteiger partial charge in [-0.2, -0.15) is 0 Å². The van der Waals surface area contributed by atoms with Gasteiger partial charge < -0.3 is 4.42 Å². The average Bonchev–Trinajstić information content (AvgIpc) is 2.97. The largest absolute Gasteiger partial charge is 0.441 e. The van der Waals surface area contributed by atoms with Gasteiger partial charge in [0.25, 0.3) is 0 Å². The Hall–Kier alpha value is -2.06. The first kappa shape index (κ1) is 13.9. The van der Waals surface area contributed by atoms with Crippen molar-refractivity contribution < 1.29 is 4.42 Å². The summed E-state index contributed by atoms with van der Waals surface area (Å²) in [5, 5.41) is 0.691. The topological polar surface area (TPSA) is 26.0 Å². The molecule has 0 bridgehead atoms. The summed E-state index contributed by atoms with van der Waals surface area (Å²) in [6, 6.07) is 18.0. The fraction of sp³-hybridized carbons (Fsp3) is 0.167. The molecule has 0 saturated heterocycles. The van der Waals surface area contributed by atoms with Crippen LogP contribution < -0.4 is 0 Å². The molecule has 3 heteroatoms. The number of benzene rings is 2. The van der Waals surface area contributed by atoms with E-state index in [4.69, 9.17) is 16.0 Å². The van der Waals surface area contributed by atoms with Crippen LogP contribution in [0.1, 0.15) is 17.7 Å². The van der Waals surface area contributed by atoms with E-state index in [0.717, 1.165) is 30.6 Å². The molecule has 0 radical (unpaired) electrons. The third-order valence-corrected chi connectivity index (χ3v) is 3.59. The smallest absolute Gasteiger partial charge is 0.226 e. The molecule has 3 aromatic rings. The first-order valence-corrected chi connectivity index (χ1v) is 7.43. The van der Waals surface area contributed by atoms with Crippen LogP contribution in [0, 0.1) is 0 Å². The number of rotatable bonds is 5. The van der Waals surface area contributed by atoms with E-state index in [1.54, 1.807) is 6.20 Å². The van der Waals surface area contributed by atoms with Gasteiger partial charge in [-0.1, -0.05) is 48.0 Å². The number of oxazole rings is 1. The molecule has 106 valence electrons. The van der Waals surface area contributed by atoms with Gasteiger partial charge in [-0.15, -0.1) is 0 Å². The SMILES string of the molecule is Clc1cccc(-c2ncc(CCCc3ccccc3)o2)c1. The third kappa shape index (κ3) is 3.73. The first-order valence-electron chi connectivity index (χ1n) is 7.06. The van der Waals surface area contributed by atoms with Crippen LogP contribution in [0.2, 0.25) is 5.02 Å². The summed E-state index contributed by atoms with van der Waals surface area (Å²) in [7, 11) is 0. The number of nitrogens with zero attached hydrogens (tertiary/aromatic N) is 1. The monoisotopic (exact) mass is 297 g/mol. The second-order valence-corrected chi connectivity index (χ2v) is 5.42. The number of halogens is 1. The molecule has 0 spiro atoms. The summed E-state index contributed by atoms with van der Waals surface area (Å²) in [6.07, 6.45) is 4.80. The van der Waals surface area contributed by atoms with Crippen LogP contribution in [-0.2, 0) is 12.8 Å². The Bertz CT molecular complexity index is 706.